The highest BCUT2D eigenvalue weighted by Gasteiger charge is 2.19. The second-order valence-corrected chi connectivity index (χ2v) is 14.6. The van der Waals surface area contributed by atoms with Gasteiger partial charge in [0, 0.05) is 11.1 Å². The number of carboxylic acid groups (broad SMARTS) is 2. The smallest absolute Gasteiger partial charge is 0.332 e. The lowest BCUT2D eigenvalue weighted by Crippen LogP contribution is -2.12. The molecule has 0 aliphatic heterocycles. The Hall–Kier alpha value is -1.32. The van der Waals surface area contributed by atoms with Gasteiger partial charge in [-0.2, -0.15) is 0 Å². The van der Waals surface area contributed by atoms with Gasteiger partial charge in [-0.25, -0.2) is 9.59 Å². The van der Waals surface area contributed by atoms with Gasteiger partial charge in [0.1, 0.15) is 0 Å². The molecule has 0 aliphatic carbocycles. The lowest BCUT2D eigenvalue weighted by molar-refractivity contribution is -0.136. The number of hydrogen-bond donors (Lipinski definition) is 2. The van der Waals surface area contributed by atoms with Crippen molar-refractivity contribution >= 4 is 11.9 Å². The van der Waals surface area contributed by atoms with Crippen molar-refractivity contribution in [3.63, 3.8) is 0 Å². The Kier molecular flexibility index (Phi) is 30.7. The Morgan fingerprint density at radius 3 is 0.705 bits per heavy atom. The lowest BCUT2D eigenvalue weighted by atomic mass is 9.96. The SMILES string of the molecule is CC(C)CCCCCCCCCCCCCCCC(C(=O)O)=C(CCCCCCCCCCCCCCCC(C)C)C(=O)O. The van der Waals surface area contributed by atoms with Crippen LogP contribution >= 0.6 is 0 Å². The molecule has 0 rings (SSSR count). The van der Waals surface area contributed by atoms with Gasteiger partial charge in [0.25, 0.3) is 0 Å². The number of unbranched alkanes of at least 4 members (excludes halogenated alkanes) is 24. The van der Waals surface area contributed by atoms with Crippen molar-refractivity contribution in [1.82, 2.24) is 0 Å². The van der Waals surface area contributed by atoms with E-state index in [0.717, 1.165) is 50.4 Å². The molecule has 44 heavy (non-hydrogen) atoms. The molecule has 0 atom stereocenters. The van der Waals surface area contributed by atoms with Crippen molar-refractivity contribution in [2.24, 2.45) is 11.8 Å². The van der Waals surface area contributed by atoms with E-state index < -0.39 is 11.9 Å². The zero-order valence-corrected chi connectivity index (χ0v) is 30.1. The van der Waals surface area contributed by atoms with E-state index in [1.165, 1.54) is 141 Å². The van der Waals surface area contributed by atoms with Crippen molar-refractivity contribution < 1.29 is 19.8 Å². The summed E-state index contributed by atoms with van der Waals surface area (Å²) in [7, 11) is 0. The fourth-order valence-corrected chi connectivity index (χ4v) is 6.37. The predicted octanol–water partition coefficient (Wildman–Crippen LogP) is 13.5. The molecular formula is C40H76O4. The standard InChI is InChI=1S/C40H76O4/c1-35(2)31-27-23-19-15-11-7-5-9-13-17-21-25-29-33-37(39(41)42)38(40(43)44)34-30-26-22-18-14-10-6-8-12-16-20-24-28-32-36(3)4/h35-36H,5-34H2,1-4H3,(H,41,42)(H,43,44). The molecule has 0 fully saturated rings. The van der Waals surface area contributed by atoms with Crippen LogP contribution < -0.4 is 0 Å². The molecule has 0 saturated heterocycles. The molecule has 0 aromatic rings. The molecule has 0 amide bonds. The van der Waals surface area contributed by atoms with Gasteiger partial charge in [-0.1, -0.05) is 195 Å². The minimum atomic E-state index is -1.04. The normalized spacial score (nSPS) is 12.3. The van der Waals surface area contributed by atoms with E-state index in [1.807, 2.05) is 0 Å². The molecule has 0 aliphatic rings. The van der Waals surface area contributed by atoms with Crippen LogP contribution in [0.3, 0.4) is 0 Å². The molecule has 4 heteroatoms. The second kappa shape index (κ2) is 31.7. The van der Waals surface area contributed by atoms with Crippen LogP contribution in [0.2, 0.25) is 0 Å². The molecule has 0 unspecified atom stereocenters. The second-order valence-electron chi connectivity index (χ2n) is 14.6. The van der Waals surface area contributed by atoms with E-state index in [1.54, 1.807) is 0 Å². The highest BCUT2D eigenvalue weighted by atomic mass is 16.4. The van der Waals surface area contributed by atoms with Gasteiger partial charge in [-0.05, 0) is 37.5 Å². The monoisotopic (exact) mass is 621 g/mol. The summed E-state index contributed by atoms with van der Waals surface area (Å²) in [5.74, 6) is -0.409. The first kappa shape index (κ1) is 42.7. The Morgan fingerprint density at radius 2 is 0.523 bits per heavy atom. The average Bonchev–Trinajstić information content (AvgIpc) is 2.96. The fraction of sp³-hybridized carbons (Fsp3) is 0.900. The zero-order chi connectivity index (χ0) is 32.7. The topological polar surface area (TPSA) is 74.6 Å². The lowest BCUT2D eigenvalue weighted by Gasteiger charge is -2.10. The molecule has 260 valence electrons. The van der Waals surface area contributed by atoms with Crippen LogP contribution in [-0.4, -0.2) is 22.2 Å². The maximum Gasteiger partial charge on any atom is 0.332 e. The summed E-state index contributed by atoms with van der Waals surface area (Å²) >= 11 is 0. The Balaban J connectivity index is 3.86. The van der Waals surface area contributed by atoms with Gasteiger partial charge in [0.15, 0.2) is 0 Å². The third-order valence-corrected chi connectivity index (χ3v) is 9.30. The van der Waals surface area contributed by atoms with E-state index in [-0.39, 0.29) is 11.1 Å². The summed E-state index contributed by atoms with van der Waals surface area (Å²) in [6.07, 6.45) is 36.0. The summed E-state index contributed by atoms with van der Waals surface area (Å²) in [4.78, 5) is 23.8. The van der Waals surface area contributed by atoms with E-state index in [0.29, 0.717) is 12.8 Å². The van der Waals surface area contributed by atoms with Crippen molar-refractivity contribution in [3.8, 4) is 0 Å². The van der Waals surface area contributed by atoms with Gasteiger partial charge < -0.3 is 10.2 Å². The van der Waals surface area contributed by atoms with Gasteiger partial charge in [-0.3, -0.25) is 0 Å². The van der Waals surface area contributed by atoms with E-state index in [9.17, 15) is 19.8 Å². The Bertz CT molecular complexity index is 635. The zero-order valence-electron chi connectivity index (χ0n) is 30.1. The first-order valence-corrected chi connectivity index (χ1v) is 19.4. The van der Waals surface area contributed by atoms with Crippen LogP contribution in [0.1, 0.15) is 220 Å². The molecular weight excluding hydrogens is 544 g/mol. The molecule has 0 heterocycles. The molecule has 0 radical (unpaired) electrons. The third-order valence-electron chi connectivity index (χ3n) is 9.30. The molecule has 0 saturated carbocycles. The van der Waals surface area contributed by atoms with Crippen molar-refractivity contribution in [3.05, 3.63) is 11.1 Å². The number of rotatable bonds is 34. The van der Waals surface area contributed by atoms with Crippen molar-refractivity contribution in [2.45, 2.75) is 220 Å². The molecule has 0 spiro atoms. The molecule has 4 nitrogen and oxygen atoms in total. The van der Waals surface area contributed by atoms with Crippen molar-refractivity contribution in [2.75, 3.05) is 0 Å². The maximum atomic E-state index is 11.9. The average molecular weight is 621 g/mol. The summed E-state index contributed by atoms with van der Waals surface area (Å²) in [6.45, 7) is 9.23. The fourth-order valence-electron chi connectivity index (χ4n) is 6.37. The number of hydrogen-bond acceptors (Lipinski definition) is 2. The number of aliphatic carboxylic acids is 2. The van der Waals surface area contributed by atoms with Crippen LogP contribution in [-0.2, 0) is 9.59 Å². The first-order chi connectivity index (χ1) is 21.3. The van der Waals surface area contributed by atoms with E-state index in [4.69, 9.17) is 0 Å². The summed E-state index contributed by atoms with van der Waals surface area (Å²) in [6, 6.07) is 0. The van der Waals surface area contributed by atoms with Crippen LogP contribution in [0.5, 0.6) is 0 Å². The summed E-state index contributed by atoms with van der Waals surface area (Å²) in [5.41, 5.74) is 0.281. The molecule has 2 N–H and O–H groups in total. The van der Waals surface area contributed by atoms with Gasteiger partial charge >= 0.3 is 11.9 Å². The van der Waals surface area contributed by atoms with Crippen LogP contribution in [0, 0.1) is 11.8 Å². The minimum Gasteiger partial charge on any atom is -0.478 e. The Morgan fingerprint density at radius 1 is 0.341 bits per heavy atom. The van der Waals surface area contributed by atoms with Gasteiger partial charge in [0.05, 0.1) is 0 Å². The molecule has 0 bridgehead atoms. The van der Waals surface area contributed by atoms with E-state index in [2.05, 4.69) is 27.7 Å². The van der Waals surface area contributed by atoms with Crippen LogP contribution in [0.15, 0.2) is 11.1 Å². The largest absolute Gasteiger partial charge is 0.478 e. The number of carbonyl (C=O) groups is 2. The van der Waals surface area contributed by atoms with Crippen molar-refractivity contribution in [1.29, 1.82) is 0 Å². The Labute approximate surface area is 274 Å². The molecule has 0 aromatic heterocycles. The third kappa shape index (κ3) is 29.4. The maximum absolute atomic E-state index is 11.9. The molecule has 0 aromatic carbocycles. The highest BCUT2D eigenvalue weighted by Crippen LogP contribution is 2.22. The van der Waals surface area contributed by atoms with E-state index >= 15 is 0 Å². The van der Waals surface area contributed by atoms with Gasteiger partial charge in [0.2, 0.25) is 0 Å². The summed E-state index contributed by atoms with van der Waals surface area (Å²) < 4.78 is 0. The number of carboxylic acids is 2. The predicted molar refractivity (Wildman–Crippen MR) is 190 cm³/mol. The van der Waals surface area contributed by atoms with Gasteiger partial charge in [-0.15, -0.1) is 0 Å². The minimum absolute atomic E-state index is 0.140. The van der Waals surface area contributed by atoms with Crippen LogP contribution in [0.4, 0.5) is 0 Å². The summed E-state index contributed by atoms with van der Waals surface area (Å²) in [5, 5.41) is 19.5. The quantitative estimate of drug-likeness (QED) is 0.0554. The van der Waals surface area contributed by atoms with Crippen LogP contribution in [0.25, 0.3) is 0 Å². The first-order valence-electron chi connectivity index (χ1n) is 19.4. The highest BCUT2D eigenvalue weighted by molar-refractivity contribution is 5.98.